The van der Waals surface area contributed by atoms with E-state index in [-0.39, 0.29) is 23.1 Å². The Morgan fingerprint density at radius 1 is 0.333 bits per heavy atom. The molecular formula is C56H32F6N4. The SMILES string of the molecule is FC(F)(F)c1cc(-c2nc(-c3ccc(-n4c5ccccc5c5ccc(-c6ccc7c(c6)c6ccccc6n7-c6ccccc6)cc54)cc3)nc3c2ccc2ccccc23)cc(C(F)(F)F)c1. The smallest absolute Gasteiger partial charge is 0.309 e. The molecule has 66 heavy (non-hydrogen) atoms. The summed E-state index contributed by atoms with van der Waals surface area (Å²) in [7, 11) is 0. The van der Waals surface area contributed by atoms with Crippen LogP contribution in [-0.2, 0) is 12.4 Å². The Morgan fingerprint density at radius 3 is 1.55 bits per heavy atom. The number of halogens is 6. The van der Waals surface area contributed by atoms with Crippen molar-refractivity contribution >= 4 is 65.3 Å². The van der Waals surface area contributed by atoms with E-state index in [1.807, 2.05) is 78.9 Å². The summed E-state index contributed by atoms with van der Waals surface area (Å²) in [5.41, 5.74) is 5.95. The van der Waals surface area contributed by atoms with Gasteiger partial charge in [-0.25, -0.2) is 9.97 Å². The molecular weight excluding hydrogens is 843 g/mol. The lowest BCUT2D eigenvalue weighted by Crippen LogP contribution is -2.11. The van der Waals surface area contributed by atoms with Gasteiger partial charge in [-0.15, -0.1) is 0 Å². The van der Waals surface area contributed by atoms with Crippen molar-refractivity contribution < 1.29 is 26.3 Å². The second kappa shape index (κ2) is 14.6. The fourth-order valence-corrected chi connectivity index (χ4v) is 9.50. The summed E-state index contributed by atoms with van der Waals surface area (Å²) in [5.74, 6) is 0.153. The van der Waals surface area contributed by atoms with Crippen LogP contribution in [0.25, 0.3) is 110 Å². The van der Waals surface area contributed by atoms with Gasteiger partial charge in [-0.2, -0.15) is 26.3 Å². The monoisotopic (exact) mass is 874 g/mol. The Labute approximate surface area is 372 Å². The van der Waals surface area contributed by atoms with E-state index in [2.05, 4.69) is 94.1 Å². The summed E-state index contributed by atoms with van der Waals surface area (Å²) < 4.78 is 89.3. The Morgan fingerprint density at radius 2 is 0.848 bits per heavy atom. The van der Waals surface area contributed by atoms with E-state index in [0.717, 1.165) is 83.6 Å². The van der Waals surface area contributed by atoms with Crippen LogP contribution in [0.2, 0.25) is 0 Å². The van der Waals surface area contributed by atoms with E-state index in [9.17, 15) is 26.3 Å². The van der Waals surface area contributed by atoms with Crippen molar-refractivity contribution in [3.63, 3.8) is 0 Å². The fourth-order valence-electron chi connectivity index (χ4n) is 9.50. The molecule has 0 saturated carbocycles. The molecule has 0 amide bonds. The maximum Gasteiger partial charge on any atom is 0.416 e. The normalized spacial score (nSPS) is 12.4. The number of benzene rings is 9. The summed E-state index contributed by atoms with van der Waals surface area (Å²) in [5, 5.41) is 6.24. The van der Waals surface area contributed by atoms with Gasteiger partial charge in [0.1, 0.15) is 0 Å². The standard InChI is InChI=1S/C56H32F6N4/c57-55(58,59)38-28-37(29-39(32-38)56(60,61)62)52-46-26-20-33-10-4-5-13-42(33)53(46)64-54(63-52)34-18-23-41(24-19-34)66-48-16-8-6-14-43(48)45-25-21-36(31-51(45)66)35-22-27-50-47(30-35)44-15-7-9-17-49(44)65(50)40-11-2-1-3-12-40/h1-32H. The van der Waals surface area contributed by atoms with Gasteiger partial charge in [0, 0.05) is 54.8 Å². The third-order valence-corrected chi connectivity index (χ3v) is 12.5. The van der Waals surface area contributed by atoms with Crippen LogP contribution in [-0.4, -0.2) is 19.1 Å². The van der Waals surface area contributed by atoms with E-state index >= 15 is 0 Å². The molecule has 10 heteroatoms. The first-order chi connectivity index (χ1) is 32.0. The molecule has 0 radical (unpaired) electrons. The third-order valence-electron chi connectivity index (χ3n) is 12.5. The summed E-state index contributed by atoms with van der Waals surface area (Å²) in [6, 6.07) is 59.9. The van der Waals surface area contributed by atoms with Gasteiger partial charge < -0.3 is 9.13 Å². The molecule has 12 rings (SSSR count). The number of rotatable bonds is 5. The van der Waals surface area contributed by atoms with Crippen molar-refractivity contribution in [1.82, 2.24) is 19.1 Å². The molecule has 0 aliphatic rings. The van der Waals surface area contributed by atoms with Crippen molar-refractivity contribution in [2.75, 3.05) is 0 Å². The highest BCUT2D eigenvalue weighted by Crippen LogP contribution is 2.42. The first kappa shape index (κ1) is 39.4. The zero-order valence-electron chi connectivity index (χ0n) is 34.5. The fraction of sp³-hybridized carbons (Fsp3) is 0.0357. The van der Waals surface area contributed by atoms with E-state index in [4.69, 9.17) is 9.97 Å². The Balaban J connectivity index is 1.00. The van der Waals surface area contributed by atoms with Gasteiger partial charge in [-0.05, 0) is 108 Å². The summed E-state index contributed by atoms with van der Waals surface area (Å²) in [6.45, 7) is 0. The van der Waals surface area contributed by atoms with Gasteiger partial charge >= 0.3 is 12.4 Å². The molecule has 0 bridgehead atoms. The summed E-state index contributed by atoms with van der Waals surface area (Å²) in [6.07, 6.45) is -10.1. The molecule has 4 nitrogen and oxygen atoms in total. The van der Waals surface area contributed by atoms with Crippen molar-refractivity contribution in [2.45, 2.75) is 12.4 Å². The van der Waals surface area contributed by atoms with Crippen molar-refractivity contribution in [1.29, 1.82) is 0 Å². The van der Waals surface area contributed by atoms with Gasteiger partial charge in [0.2, 0.25) is 0 Å². The quantitative estimate of drug-likeness (QED) is 0.128. The van der Waals surface area contributed by atoms with Crippen LogP contribution >= 0.6 is 0 Å². The molecule has 0 unspecified atom stereocenters. The molecule has 0 aliphatic carbocycles. The molecule has 0 atom stereocenters. The van der Waals surface area contributed by atoms with Crippen molar-refractivity contribution in [3.8, 4) is 45.1 Å². The third kappa shape index (κ3) is 6.39. The molecule has 318 valence electrons. The number of aromatic nitrogens is 4. The Hall–Kier alpha value is -8.24. The largest absolute Gasteiger partial charge is 0.416 e. The van der Waals surface area contributed by atoms with Gasteiger partial charge in [0.25, 0.3) is 0 Å². The molecule has 9 aromatic carbocycles. The summed E-state index contributed by atoms with van der Waals surface area (Å²) >= 11 is 0. The number of hydrogen-bond acceptors (Lipinski definition) is 2. The Kier molecular flexibility index (Phi) is 8.74. The average molecular weight is 875 g/mol. The van der Waals surface area contributed by atoms with E-state index in [1.54, 1.807) is 12.1 Å². The molecule has 12 aromatic rings. The first-order valence-corrected chi connectivity index (χ1v) is 21.2. The predicted octanol–water partition coefficient (Wildman–Crippen LogP) is 16.0. The molecule has 0 spiro atoms. The van der Waals surface area contributed by atoms with Gasteiger partial charge in [0.15, 0.2) is 5.82 Å². The Bertz CT molecular complexity index is 3870. The highest BCUT2D eigenvalue weighted by atomic mass is 19.4. The van der Waals surface area contributed by atoms with Crippen LogP contribution < -0.4 is 0 Å². The van der Waals surface area contributed by atoms with Crippen LogP contribution in [0.3, 0.4) is 0 Å². The molecule has 0 fully saturated rings. The van der Waals surface area contributed by atoms with Crippen LogP contribution in [0.4, 0.5) is 26.3 Å². The molecule has 3 aromatic heterocycles. The minimum Gasteiger partial charge on any atom is -0.309 e. The zero-order chi connectivity index (χ0) is 44.9. The summed E-state index contributed by atoms with van der Waals surface area (Å²) in [4.78, 5) is 9.67. The maximum atomic E-state index is 14.1. The van der Waals surface area contributed by atoms with Crippen LogP contribution in [0.1, 0.15) is 11.1 Å². The maximum absolute atomic E-state index is 14.1. The first-order valence-electron chi connectivity index (χ1n) is 21.2. The lowest BCUT2D eigenvalue weighted by molar-refractivity contribution is -0.143. The number of hydrogen-bond donors (Lipinski definition) is 0. The topological polar surface area (TPSA) is 35.6 Å². The van der Waals surface area contributed by atoms with Gasteiger partial charge in [-0.3, -0.25) is 0 Å². The zero-order valence-corrected chi connectivity index (χ0v) is 34.5. The van der Waals surface area contributed by atoms with Crippen molar-refractivity contribution in [2.24, 2.45) is 0 Å². The lowest BCUT2D eigenvalue weighted by atomic mass is 9.98. The highest BCUT2D eigenvalue weighted by molar-refractivity contribution is 6.13. The predicted molar refractivity (Wildman–Crippen MR) is 252 cm³/mol. The number of nitrogens with zero attached hydrogens (tertiary/aromatic N) is 4. The highest BCUT2D eigenvalue weighted by Gasteiger charge is 2.37. The second-order valence-electron chi connectivity index (χ2n) is 16.4. The van der Waals surface area contributed by atoms with Gasteiger partial charge in [0.05, 0.1) is 44.4 Å². The van der Waals surface area contributed by atoms with Crippen LogP contribution in [0.15, 0.2) is 194 Å². The van der Waals surface area contributed by atoms with Crippen molar-refractivity contribution in [3.05, 3.63) is 205 Å². The lowest BCUT2D eigenvalue weighted by Gasteiger charge is -2.16. The van der Waals surface area contributed by atoms with E-state index < -0.39 is 23.5 Å². The minimum atomic E-state index is -5.03. The molecule has 0 saturated heterocycles. The molecule has 0 aliphatic heterocycles. The van der Waals surface area contributed by atoms with Crippen LogP contribution in [0.5, 0.6) is 0 Å². The van der Waals surface area contributed by atoms with E-state index in [1.165, 1.54) is 0 Å². The van der Waals surface area contributed by atoms with Gasteiger partial charge in [-0.1, -0.05) is 103 Å². The van der Waals surface area contributed by atoms with E-state index in [0.29, 0.717) is 21.9 Å². The molecule has 0 N–H and O–H groups in total. The molecule has 3 heterocycles. The number of alkyl halides is 6. The minimum absolute atomic E-state index is 0.0424. The number of para-hydroxylation sites is 3. The average Bonchev–Trinajstić information content (AvgIpc) is 3.85. The van der Waals surface area contributed by atoms with Crippen LogP contribution in [0, 0.1) is 0 Å². The number of fused-ring (bicyclic) bond motifs is 9. The second-order valence-corrected chi connectivity index (χ2v) is 16.4.